The Morgan fingerprint density at radius 1 is 1.47 bits per heavy atom. The van der Waals surface area contributed by atoms with E-state index in [1.807, 2.05) is 7.05 Å². The highest BCUT2D eigenvalue weighted by atomic mass is 16.5. The summed E-state index contributed by atoms with van der Waals surface area (Å²) in [6.07, 6.45) is 1.98. The molecule has 0 aromatic heterocycles. The molecule has 0 saturated heterocycles. The molecule has 1 atom stereocenters. The highest BCUT2D eigenvalue weighted by molar-refractivity contribution is 5.80. The molecule has 1 amide bonds. The molecule has 100 valence electrons. The van der Waals surface area contributed by atoms with Crippen molar-refractivity contribution in [3.63, 3.8) is 0 Å². The minimum Gasteiger partial charge on any atom is -0.383 e. The van der Waals surface area contributed by atoms with E-state index in [4.69, 9.17) is 9.47 Å². The Bertz CT molecular complexity index is 230. The normalized spacial score (nSPS) is 25.1. The second kappa shape index (κ2) is 7.63. The zero-order valence-electron chi connectivity index (χ0n) is 11.0. The summed E-state index contributed by atoms with van der Waals surface area (Å²) in [5.41, 5.74) is 0. The summed E-state index contributed by atoms with van der Waals surface area (Å²) >= 11 is 0. The molecule has 1 aliphatic carbocycles. The summed E-state index contributed by atoms with van der Waals surface area (Å²) in [6.45, 7) is 3.91. The molecule has 1 unspecified atom stereocenters. The van der Waals surface area contributed by atoms with Crippen LogP contribution in [0, 0.1) is 5.92 Å². The van der Waals surface area contributed by atoms with E-state index in [0.29, 0.717) is 19.1 Å². The molecule has 0 heterocycles. The Morgan fingerprint density at radius 2 is 2.18 bits per heavy atom. The smallest absolute Gasteiger partial charge is 0.248 e. The predicted molar refractivity (Wildman–Crippen MR) is 65.9 cm³/mol. The van der Waals surface area contributed by atoms with Gasteiger partial charge in [-0.1, -0.05) is 0 Å². The number of amides is 1. The molecule has 1 rings (SSSR count). The predicted octanol–water partition coefficient (Wildman–Crippen LogP) is 0.152. The van der Waals surface area contributed by atoms with Gasteiger partial charge < -0.3 is 20.1 Å². The minimum atomic E-state index is -0.368. The van der Waals surface area contributed by atoms with Crippen molar-refractivity contribution >= 4 is 5.91 Å². The van der Waals surface area contributed by atoms with Gasteiger partial charge in [-0.15, -0.1) is 0 Å². The molecular weight excluding hydrogens is 220 g/mol. The van der Waals surface area contributed by atoms with Crippen LogP contribution in [0.4, 0.5) is 0 Å². The Morgan fingerprint density at radius 3 is 2.76 bits per heavy atom. The molecule has 1 fully saturated rings. The van der Waals surface area contributed by atoms with Crippen molar-refractivity contribution in [3.05, 3.63) is 0 Å². The van der Waals surface area contributed by atoms with Gasteiger partial charge in [0.2, 0.25) is 5.91 Å². The van der Waals surface area contributed by atoms with Gasteiger partial charge in [-0.25, -0.2) is 0 Å². The molecule has 2 N–H and O–H groups in total. The fourth-order valence-corrected chi connectivity index (χ4v) is 2.01. The van der Waals surface area contributed by atoms with Gasteiger partial charge in [-0.3, -0.25) is 4.79 Å². The number of rotatable bonds is 8. The van der Waals surface area contributed by atoms with Crippen LogP contribution in [0.1, 0.15) is 19.8 Å². The lowest BCUT2D eigenvalue weighted by molar-refractivity contribution is -0.141. The Labute approximate surface area is 103 Å². The number of methoxy groups -OCH3 is 1. The van der Waals surface area contributed by atoms with Crippen LogP contribution in [0.3, 0.4) is 0 Å². The van der Waals surface area contributed by atoms with Crippen LogP contribution in [0.25, 0.3) is 0 Å². The van der Waals surface area contributed by atoms with Crippen LogP contribution in [0.5, 0.6) is 0 Å². The van der Waals surface area contributed by atoms with E-state index >= 15 is 0 Å². The van der Waals surface area contributed by atoms with Gasteiger partial charge in [0.25, 0.3) is 0 Å². The van der Waals surface area contributed by atoms with E-state index in [9.17, 15) is 4.79 Å². The first-order chi connectivity index (χ1) is 8.17. The van der Waals surface area contributed by atoms with Crippen LogP contribution in [0.15, 0.2) is 0 Å². The lowest BCUT2D eigenvalue weighted by Gasteiger charge is -2.36. The molecular formula is C12H24N2O3. The first-order valence-electron chi connectivity index (χ1n) is 6.24. The SMILES string of the molecule is CNCC1CC(OC(C)C(=O)NCCOC)C1. The summed E-state index contributed by atoms with van der Waals surface area (Å²) in [5.74, 6) is 0.646. The Balaban J connectivity index is 2.09. The zero-order chi connectivity index (χ0) is 12.7. The maximum atomic E-state index is 11.6. The van der Waals surface area contributed by atoms with Crippen molar-refractivity contribution in [2.45, 2.75) is 32.0 Å². The van der Waals surface area contributed by atoms with E-state index in [1.165, 1.54) is 0 Å². The van der Waals surface area contributed by atoms with Gasteiger partial charge in [0, 0.05) is 13.7 Å². The molecule has 0 radical (unpaired) electrons. The summed E-state index contributed by atoms with van der Waals surface area (Å²) in [6, 6.07) is 0. The number of carbonyl (C=O) groups excluding carboxylic acids is 1. The molecule has 1 aliphatic rings. The lowest BCUT2D eigenvalue weighted by Crippen LogP contribution is -2.43. The quantitative estimate of drug-likeness (QED) is 0.597. The summed E-state index contributed by atoms with van der Waals surface area (Å²) in [4.78, 5) is 11.6. The van der Waals surface area contributed by atoms with Gasteiger partial charge in [0.05, 0.1) is 12.7 Å². The van der Waals surface area contributed by atoms with Crippen molar-refractivity contribution in [2.75, 3.05) is 33.9 Å². The van der Waals surface area contributed by atoms with E-state index < -0.39 is 0 Å². The van der Waals surface area contributed by atoms with Crippen LogP contribution in [0.2, 0.25) is 0 Å². The molecule has 1 saturated carbocycles. The second-order valence-electron chi connectivity index (χ2n) is 4.58. The Kier molecular flexibility index (Phi) is 6.47. The molecule has 17 heavy (non-hydrogen) atoms. The largest absolute Gasteiger partial charge is 0.383 e. The molecule has 0 aromatic carbocycles. The summed E-state index contributed by atoms with van der Waals surface area (Å²) in [7, 11) is 3.57. The number of hydrogen-bond donors (Lipinski definition) is 2. The summed E-state index contributed by atoms with van der Waals surface area (Å²) < 4.78 is 10.5. The average molecular weight is 244 g/mol. The van der Waals surface area contributed by atoms with E-state index in [2.05, 4.69) is 10.6 Å². The van der Waals surface area contributed by atoms with Crippen molar-refractivity contribution < 1.29 is 14.3 Å². The van der Waals surface area contributed by atoms with Gasteiger partial charge >= 0.3 is 0 Å². The Hall–Kier alpha value is -0.650. The maximum absolute atomic E-state index is 11.6. The van der Waals surface area contributed by atoms with Crippen LogP contribution < -0.4 is 10.6 Å². The third-order valence-corrected chi connectivity index (χ3v) is 3.06. The fourth-order valence-electron chi connectivity index (χ4n) is 2.01. The lowest BCUT2D eigenvalue weighted by atomic mass is 9.82. The van der Waals surface area contributed by atoms with Gasteiger partial charge in [-0.05, 0) is 39.3 Å². The van der Waals surface area contributed by atoms with Gasteiger partial charge in [0.15, 0.2) is 0 Å². The number of carbonyl (C=O) groups is 1. The van der Waals surface area contributed by atoms with Crippen molar-refractivity contribution in [1.82, 2.24) is 10.6 Å². The van der Waals surface area contributed by atoms with Crippen molar-refractivity contribution in [2.24, 2.45) is 5.92 Å². The van der Waals surface area contributed by atoms with Crippen LogP contribution >= 0.6 is 0 Å². The number of ether oxygens (including phenoxy) is 2. The van der Waals surface area contributed by atoms with Crippen molar-refractivity contribution in [3.8, 4) is 0 Å². The number of nitrogens with one attached hydrogen (secondary N) is 2. The van der Waals surface area contributed by atoms with Gasteiger partial charge in [0.1, 0.15) is 6.10 Å². The third-order valence-electron chi connectivity index (χ3n) is 3.06. The maximum Gasteiger partial charge on any atom is 0.248 e. The monoisotopic (exact) mass is 244 g/mol. The first-order valence-corrected chi connectivity index (χ1v) is 6.24. The number of hydrogen-bond acceptors (Lipinski definition) is 4. The van der Waals surface area contributed by atoms with Crippen LogP contribution in [-0.4, -0.2) is 52.0 Å². The molecule has 0 aliphatic heterocycles. The minimum absolute atomic E-state index is 0.0564. The summed E-state index contributed by atoms with van der Waals surface area (Å²) in [5, 5.41) is 5.92. The second-order valence-corrected chi connectivity index (χ2v) is 4.58. The van der Waals surface area contributed by atoms with Crippen LogP contribution in [-0.2, 0) is 14.3 Å². The molecule has 5 heteroatoms. The van der Waals surface area contributed by atoms with E-state index in [-0.39, 0.29) is 18.1 Å². The zero-order valence-corrected chi connectivity index (χ0v) is 11.0. The molecule has 0 aromatic rings. The van der Waals surface area contributed by atoms with E-state index in [1.54, 1.807) is 14.0 Å². The standard InChI is InChI=1S/C12H24N2O3/c1-9(12(15)14-4-5-16-3)17-11-6-10(7-11)8-13-2/h9-11,13H,4-8H2,1-3H3,(H,14,15). The molecule has 5 nitrogen and oxygen atoms in total. The first kappa shape index (κ1) is 14.4. The highest BCUT2D eigenvalue weighted by Crippen LogP contribution is 2.30. The molecule has 0 spiro atoms. The fraction of sp³-hybridized carbons (Fsp3) is 0.917. The highest BCUT2D eigenvalue weighted by Gasteiger charge is 2.31. The third kappa shape index (κ3) is 5.02. The van der Waals surface area contributed by atoms with Gasteiger partial charge in [-0.2, -0.15) is 0 Å². The topological polar surface area (TPSA) is 59.6 Å². The van der Waals surface area contributed by atoms with E-state index in [0.717, 1.165) is 19.4 Å². The average Bonchev–Trinajstić information content (AvgIpc) is 2.26. The molecule has 0 bridgehead atoms. The van der Waals surface area contributed by atoms with Crippen molar-refractivity contribution in [1.29, 1.82) is 0 Å².